The molecule has 1 amide bonds. The summed E-state index contributed by atoms with van der Waals surface area (Å²) >= 11 is 0. The third-order valence-corrected chi connectivity index (χ3v) is 6.09. The lowest BCUT2D eigenvalue weighted by molar-refractivity contribution is -0.147. The zero-order valence-electron chi connectivity index (χ0n) is 16.4. The monoisotopic (exact) mass is 368 g/mol. The fourth-order valence-corrected chi connectivity index (χ4v) is 4.63. The number of aromatic nitrogens is 2. The van der Waals surface area contributed by atoms with E-state index in [1.54, 1.807) is 16.7 Å². The number of carbonyl (C=O) groups is 1. The van der Waals surface area contributed by atoms with Gasteiger partial charge in [0, 0.05) is 37.9 Å². The molecule has 2 aromatic heterocycles. The Morgan fingerprint density at radius 2 is 2.00 bits per heavy atom. The summed E-state index contributed by atoms with van der Waals surface area (Å²) in [7, 11) is 0. The van der Waals surface area contributed by atoms with Crippen molar-refractivity contribution >= 4 is 11.6 Å². The number of hydrogen-bond donors (Lipinski definition) is 0. The van der Waals surface area contributed by atoms with E-state index < -0.39 is 0 Å². The zero-order valence-corrected chi connectivity index (χ0v) is 16.4. The molecule has 0 radical (unpaired) electrons. The second-order valence-electron chi connectivity index (χ2n) is 8.45. The summed E-state index contributed by atoms with van der Waals surface area (Å²) in [5.41, 5.74) is 2.26. The molecule has 6 nitrogen and oxygen atoms in total. The number of carbonyl (C=O) groups excluding carboxylic acids is 1. The molecule has 0 N–H and O–H groups in total. The van der Waals surface area contributed by atoms with Crippen LogP contribution in [0.5, 0.6) is 0 Å². The van der Waals surface area contributed by atoms with Gasteiger partial charge in [-0.15, -0.1) is 0 Å². The summed E-state index contributed by atoms with van der Waals surface area (Å²) in [6.45, 7) is 9.34. The highest BCUT2D eigenvalue weighted by Crippen LogP contribution is 2.40. The molecule has 1 atom stereocenters. The van der Waals surface area contributed by atoms with Gasteiger partial charge in [-0.3, -0.25) is 18.9 Å². The normalized spacial score (nSPS) is 23.9. The Hall–Kier alpha value is -2.21. The van der Waals surface area contributed by atoms with Gasteiger partial charge >= 0.3 is 0 Å². The molecule has 1 unspecified atom stereocenters. The molecule has 2 saturated heterocycles. The van der Waals surface area contributed by atoms with Gasteiger partial charge in [0.05, 0.1) is 11.1 Å². The summed E-state index contributed by atoms with van der Waals surface area (Å²) in [6.07, 6.45) is 4.72. The highest BCUT2D eigenvalue weighted by atomic mass is 16.2. The Morgan fingerprint density at radius 3 is 2.78 bits per heavy atom. The van der Waals surface area contributed by atoms with E-state index in [1.165, 1.54) is 0 Å². The van der Waals surface area contributed by atoms with Crippen molar-refractivity contribution in [1.29, 1.82) is 0 Å². The number of rotatable bonds is 3. The number of fused-ring (bicyclic) bond motifs is 1. The smallest absolute Gasteiger partial charge is 0.258 e. The molecule has 0 bridgehead atoms. The quantitative estimate of drug-likeness (QED) is 0.834. The summed E-state index contributed by atoms with van der Waals surface area (Å²) in [4.78, 5) is 34.5. The molecule has 2 aliphatic rings. The van der Waals surface area contributed by atoms with Gasteiger partial charge in [-0.05, 0) is 64.3 Å². The van der Waals surface area contributed by atoms with E-state index >= 15 is 0 Å². The predicted octanol–water partition coefficient (Wildman–Crippen LogP) is 2.23. The molecule has 4 heterocycles. The third-order valence-electron chi connectivity index (χ3n) is 6.09. The Labute approximate surface area is 159 Å². The minimum atomic E-state index is -0.245. The average molecular weight is 368 g/mol. The molecule has 4 rings (SSSR count). The van der Waals surface area contributed by atoms with Crippen molar-refractivity contribution < 1.29 is 4.79 Å². The first-order chi connectivity index (χ1) is 12.9. The van der Waals surface area contributed by atoms with Crippen molar-refractivity contribution in [1.82, 2.24) is 19.2 Å². The van der Waals surface area contributed by atoms with Crippen LogP contribution in [0.1, 0.15) is 44.4 Å². The minimum Gasteiger partial charge on any atom is -0.340 e. The second-order valence-corrected chi connectivity index (χ2v) is 8.45. The van der Waals surface area contributed by atoms with E-state index in [-0.39, 0.29) is 17.0 Å². The Bertz CT molecular complexity index is 935. The number of piperidine rings is 1. The molecule has 144 valence electrons. The molecule has 27 heavy (non-hydrogen) atoms. The highest BCUT2D eigenvalue weighted by molar-refractivity contribution is 5.84. The van der Waals surface area contributed by atoms with Crippen LogP contribution in [0.3, 0.4) is 0 Å². The first-order valence-electron chi connectivity index (χ1n) is 9.90. The van der Waals surface area contributed by atoms with Gasteiger partial charge < -0.3 is 4.90 Å². The lowest BCUT2D eigenvalue weighted by atomic mass is 9.78. The number of likely N-dealkylation sites (tertiary alicyclic amines) is 2. The number of nitrogens with zero attached hydrogens (tertiary/aromatic N) is 4. The Morgan fingerprint density at radius 1 is 1.19 bits per heavy atom. The Kier molecular flexibility index (Phi) is 4.54. The van der Waals surface area contributed by atoms with Gasteiger partial charge in [-0.1, -0.05) is 0 Å². The number of aryl methyl sites for hydroxylation is 1. The molecule has 2 fully saturated rings. The fourth-order valence-electron chi connectivity index (χ4n) is 4.63. The maximum absolute atomic E-state index is 13.1. The van der Waals surface area contributed by atoms with E-state index in [4.69, 9.17) is 0 Å². The first-order valence-corrected chi connectivity index (χ1v) is 9.90. The summed E-state index contributed by atoms with van der Waals surface area (Å²) in [6, 6.07) is 5.72. The van der Waals surface area contributed by atoms with E-state index in [2.05, 4.69) is 23.7 Å². The summed E-state index contributed by atoms with van der Waals surface area (Å²) < 4.78 is 1.58. The fraction of sp³-hybridized carbons (Fsp3) is 0.571. The van der Waals surface area contributed by atoms with Gasteiger partial charge in [0.15, 0.2) is 0 Å². The van der Waals surface area contributed by atoms with Gasteiger partial charge in [0.1, 0.15) is 5.65 Å². The number of hydrogen-bond acceptors (Lipinski definition) is 4. The van der Waals surface area contributed by atoms with Crippen LogP contribution in [0.4, 0.5) is 0 Å². The maximum Gasteiger partial charge on any atom is 0.258 e. The van der Waals surface area contributed by atoms with Crippen molar-refractivity contribution in [3.8, 4) is 0 Å². The average Bonchev–Trinajstić information content (AvgIpc) is 3.00. The topological polar surface area (TPSA) is 57.9 Å². The summed E-state index contributed by atoms with van der Waals surface area (Å²) in [5, 5.41) is 0. The minimum absolute atomic E-state index is 0.0522. The lowest BCUT2D eigenvalue weighted by Gasteiger charge is -2.41. The molecule has 1 spiro atoms. The van der Waals surface area contributed by atoms with Crippen LogP contribution in [0.15, 0.2) is 29.2 Å². The predicted molar refractivity (Wildman–Crippen MR) is 105 cm³/mol. The Balaban J connectivity index is 1.54. The van der Waals surface area contributed by atoms with Crippen LogP contribution < -0.4 is 5.56 Å². The first kappa shape index (κ1) is 18.2. The van der Waals surface area contributed by atoms with E-state index in [0.717, 1.165) is 50.2 Å². The van der Waals surface area contributed by atoms with Gasteiger partial charge in [-0.2, -0.15) is 0 Å². The van der Waals surface area contributed by atoms with Crippen LogP contribution in [0.25, 0.3) is 5.65 Å². The van der Waals surface area contributed by atoms with Gasteiger partial charge in [0.2, 0.25) is 5.91 Å². The van der Waals surface area contributed by atoms with Crippen LogP contribution in [-0.2, 0) is 11.3 Å². The molecule has 6 heteroatoms. The largest absolute Gasteiger partial charge is 0.340 e. The molecule has 2 aromatic rings. The van der Waals surface area contributed by atoms with E-state index in [1.807, 2.05) is 24.0 Å². The SMILES string of the molecule is Cc1ccn2c(=O)cc(CN3CCC4(CCCN(C(C)C)C4=O)C3)nc2c1. The lowest BCUT2D eigenvalue weighted by Crippen LogP contribution is -2.52. The van der Waals surface area contributed by atoms with Crippen molar-refractivity contribution in [3.05, 3.63) is 46.0 Å². The molecule has 0 aliphatic carbocycles. The molecule has 0 aromatic carbocycles. The van der Waals surface area contributed by atoms with Crippen LogP contribution in [0, 0.1) is 12.3 Å². The van der Waals surface area contributed by atoms with Crippen molar-refractivity contribution in [3.63, 3.8) is 0 Å². The third kappa shape index (κ3) is 3.27. The van der Waals surface area contributed by atoms with Gasteiger partial charge in [-0.25, -0.2) is 4.98 Å². The maximum atomic E-state index is 13.1. The van der Waals surface area contributed by atoms with Crippen molar-refractivity contribution in [2.75, 3.05) is 19.6 Å². The molecular weight excluding hydrogens is 340 g/mol. The zero-order chi connectivity index (χ0) is 19.2. The van der Waals surface area contributed by atoms with E-state index in [9.17, 15) is 9.59 Å². The van der Waals surface area contributed by atoms with Crippen LogP contribution in [0.2, 0.25) is 0 Å². The van der Waals surface area contributed by atoms with Crippen LogP contribution in [-0.4, -0.2) is 50.8 Å². The van der Waals surface area contributed by atoms with Crippen molar-refractivity contribution in [2.45, 2.75) is 52.6 Å². The number of pyridine rings is 1. The molecule has 2 aliphatic heterocycles. The van der Waals surface area contributed by atoms with Crippen molar-refractivity contribution in [2.24, 2.45) is 5.41 Å². The second kappa shape index (κ2) is 6.75. The van der Waals surface area contributed by atoms with Gasteiger partial charge in [0.25, 0.3) is 5.56 Å². The van der Waals surface area contributed by atoms with Crippen LogP contribution >= 0.6 is 0 Å². The summed E-state index contributed by atoms with van der Waals surface area (Å²) in [5.74, 6) is 0.313. The molecular formula is C21H28N4O2. The standard InChI is InChI=1S/C21H28N4O2/c1-15(2)24-8-4-6-21(20(24)27)7-10-23(14-21)13-17-12-19(26)25-9-5-16(3)11-18(25)22-17/h5,9,11-12,15H,4,6-8,10,13-14H2,1-3H3. The van der Waals surface area contributed by atoms with E-state index in [0.29, 0.717) is 18.1 Å². The molecule has 0 saturated carbocycles. The highest BCUT2D eigenvalue weighted by Gasteiger charge is 2.48. The number of amides is 1.